The molecule has 0 fully saturated rings. The van der Waals surface area contributed by atoms with Crippen LogP contribution in [0.5, 0.6) is 0 Å². The highest BCUT2D eigenvalue weighted by molar-refractivity contribution is 6.04. The second-order valence-corrected chi connectivity index (χ2v) is 5.67. The van der Waals surface area contributed by atoms with E-state index in [-0.39, 0.29) is 5.91 Å². The van der Waals surface area contributed by atoms with Crippen molar-refractivity contribution in [2.24, 2.45) is 0 Å². The van der Waals surface area contributed by atoms with E-state index in [1.165, 1.54) is 6.20 Å². The van der Waals surface area contributed by atoms with Gasteiger partial charge in [0.15, 0.2) is 0 Å². The number of carbonyl (C=O) groups excluding carboxylic acids is 1. The fourth-order valence-electron chi connectivity index (χ4n) is 2.74. The lowest BCUT2D eigenvalue weighted by molar-refractivity contribution is 0.102. The Bertz CT molecular complexity index is 1080. The number of hydrogen-bond donors (Lipinski definition) is 1. The molecule has 0 atom stereocenters. The average molecular weight is 333 g/mol. The number of hydrogen-bond acceptors (Lipinski definition) is 5. The molecule has 7 heteroatoms. The maximum atomic E-state index is 12.3. The minimum atomic E-state index is -0.260. The van der Waals surface area contributed by atoms with Crippen LogP contribution in [-0.4, -0.2) is 25.4 Å². The van der Waals surface area contributed by atoms with Crippen LogP contribution in [0.4, 0.5) is 5.69 Å². The Balaban J connectivity index is 1.68. The second kappa shape index (κ2) is 5.86. The Morgan fingerprint density at radius 1 is 1.24 bits per heavy atom. The molecule has 0 radical (unpaired) electrons. The molecule has 25 heavy (non-hydrogen) atoms. The van der Waals surface area contributed by atoms with E-state index < -0.39 is 0 Å². The predicted octanol–water partition coefficient (Wildman–Crippen LogP) is 3.25. The van der Waals surface area contributed by atoms with E-state index in [0.29, 0.717) is 22.8 Å². The van der Waals surface area contributed by atoms with Crippen LogP contribution < -0.4 is 5.32 Å². The molecule has 0 aliphatic rings. The van der Waals surface area contributed by atoms with Gasteiger partial charge in [-0.25, -0.2) is 9.97 Å². The summed E-state index contributed by atoms with van der Waals surface area (Å²) in [5.74, 6) is 0.866. The number of carbonyl (C=O) groups is 1. The number of nitrogens with one attached hydrogen (secondary N) is 1. The molecule has 1 amide bonds. The lowest BCUT2D eigenvalue weighted by Gasteiger charge is -2.06. The van der Waals surface area contributed by atoms with Crippen molar-refractivity contribution in [2.45, 2.75) is 13.8 Å². The first-order valence-electron chi connectivity index (χ1n) is 7.76. The first kappa shape index (κ1) is 15.1. The topological polar surface area (TPSA) is 85.3 Å². The summed E-state index contributed by atoms with van der Waals surface area (Å²) >= 11 is 0. The van der Waals surface area contributed by atoms with Crippen molar-refractivity contribution in [1.29, 1.82) is 0 Å². The second-order valence-electron chi connectivity index (χ2n) is 5.67. The molecule has 0 saturated heterocycles. The molecule has 3 aromatic heterocycles. The molecule has 7 nitrogen and oxygen atoms in total. The van der Waals surface area contributed by atoms with Crippen LogP contribution in [0.2, 0.25) is 0 Å². The van der Waals surface area contributed by atoms with E-state index in [2.05, 4.69) is 20.4 Å². The van der Waals surface area contributed by atoms with Crippen molar-refractivity contribution < 1.29 is 9.32 Å². The van der Waals surface area contributed by atoms with Gasteiger partial charge < -0.3 is 9.84 Å². The zero-order valence-electron chi connectivity index (χ0n) is 13.7. The van der Waals surface area contributed by atoms with Crippen LogP contribution in [0.3, 0.4) is 0 Å². The van der Waals surface area contributed by atoms with Gasteiger partial charge in [0, 0.05) is 29.3 Å². The average Bonchev–Trinajstić information content (AvgIpc) is 3.19. The molecule has 1 N–H and O–H groups in total. The van der Waals surface area contributed by atoms with E-state index >= 15 is 0 Å². The van der Waals surface area contributed by atoms with Gasteiger partial charge in [-0.2, -0.15) is 0 Å². The molecule has 0 aliphatic heterocycles. The monoisotopic (exact) mass is 333 g/mol. The number of benzene rings is 1. The molecule has 3 heterocycles. The lowest BCUT2D eigenvalue weighted by atomic mass is 10.1. The van der Waals surface area contributed by atoms with Gasteiger partial charge in [-0.15, -0.1) is 0 Å². The number of imidazole rings is 1. The number of aryl methyl sites for hydroxylation is 2. The SMILES string of the molecule is Cc1oncc1C(=O)Nc1cccc(-c2nc3ncccn3c2C)c1. The van der Waals surface area contributed by atoms with Gasteiger partial charge in [0.05, 0.1) is 11.9 Å². The van der Waals surface area contributed by atoms with Crippen molar-refractivity contribution >= 4 is 17.4 Å². The van der Waals surface area contributed by atoms with Gasteiger partial charge in [0.2, 0.25) is 5.78 Å². The van der Waals surface area contributed by atoms with E-state index in [9.17, 15) is 4.79 Å². The quantitative estimate of drug-likeness (QED) is 0.622. The van der Waals surface area contributed by atoms with E-state index in [0.717, 1.165) is 17.0 Å². The largest absolute Gasteiger partial charge is 0.361 e. The maximum Gasteiger partial charge on any atom is 0.260 e. The highest BCUT2D eigenvalue weighted by Crippen LogP contribution is 2.26. The van der Waals surface area contributed by atoms with Crippen molar-refractivity contribution in [3.05, 3.63) is 65.9 Å². The van der Waals surface area contributed by atoms with Crippen molar-refractivity contribution in [1.82, 2.24) is 19.5 Å². The molecule has 0 saturated carbocycles. The van der Waals surface area contributed by atoms with Crippen LogP contribution >= 0.6 is 0 Å². The lowest BCUT2D eigenvalue weighted by Crippen LogP contribution is -2.12. The van der Waals surface area contributed by atoms with Crippen molar-refractivity contribution in [2.75, 3.05) is 5.32 Å². The Labute approximate surface area is 143 Å². The number of nitrogens with zero attached hydrogens (tertiary/aromatic N) is 4. The Morgan fingerprint density at radius 2 is 2.12 bits per heavy atom. The number of anilines is 1. The maximum absolute atomic E-state index is 12.3. The molecular weight excluding hydrogens is 318 g/mol. The molecule has 4 aromatic rings. The molecule has 0 unspecified atom stereocenters. The van der Waals surface area contributed by atoms with E-state index in [1.807, 2.05) is 47.9 Å². The van der Waals surface area contributed by atoms with Crippen LogP contribution in [0.25, 0.3) is 17.0 Å². The van der Waals surface area contributed by atoms with Crippen molar-refractivity contribution in [3.63, 3.8) is 0 Å². The summed E-state index contributed by atoms with van der Waals surface area (Å²) in [5, 5.41) is 6.49. The van der Waals surface area contributed by atoms with Gasteiger partial charge in [-0.05, 0) is 32.0 Å². The molecule has 1 aromatic carbocycles. The highest BCUT2D eigenvalue weighted by Gasteiger charge is 2.15. The Kier molecular flexibility index (Phi) is 3.53. The zero-order valence-corrected chi connectivity index (χ0v) is 13.7. The summed E-state index contributed by atoms with van der Waals surface area (Å²) in [6, 6.07) is 9.41. The molecule has 0 spiro atoms. The van der Waals surface area contributed by atoms with Gasteiger partial charge in [0.25, 0.3) is 5.91 Å². The smallest absolute Gasteiger partial charge is 0.260 e. The first-order chi connectivity index (χ1) is 12.1. The van der Waals surface area contributed by atoms with Crippen LogP contribution in [0.15, 0.2) is 53.4 Å². The molecule has 4 rings (SSSR count). The standard InChI is InChI=1S/C18H15N5O2/c1-11-16(22-18-19-7-4-8-23(11)18)13-5-3-6-14(9-13)21-17(24)15-10-20-25-12(15)2/h3-10H,1-2H3,(H,21,24). The Hall–Kier alpha value is -3.48. The predicted molar refractivity (Wildman–Crippen MR) is 92.4 cm³/mol. The number of rotatable bonds is 3. The minimum Gasteiger partial charge on any atom is -0.361 e. The molecular formula is C18H15N5O2. The summed E-state index contributed by atoms with van der Waals surface area (Å²) < 4.78 is 6.87. The number of amides is 1. The van der Waals surface area contributed by atoms with E-state index in [1.54, 1.807) is 13.1 Å². The third-order valence-electron chi connectivity index (χ3n) is 4.03. The normalized spacial score (nSPS) is 11.0. The highest BCUT2D eigenvalue weighted by atomic mass is 16.5. The molecule has 0 bridgehead atoms. The van der Waals surface area contributed by atoms with Crippen LogP contribution in [0, 0.1) is 13.8 Å². The third kappa shape index (κ3) is 2.65. The van der Waals surface area contributed by atoms with Gasteiger partial charge in [0.1, 0.15) is 11.3 Å². The number of aromatic nitrogens is 4. The minimum absolute atomic E-state index is 0.260. The van der Waals surface area contributed by atoms with Gasteiger partial charge in [-0.3, -0.25) is 9.20 Å². The zero-order chi connectivity index (χ0) is 17.4. The first-order valence-corrected chi connectivity index (χ1v) is 7.76. The number of fused-ring (bicyclic) bond motifs is 1. The Morgan fingerprint density at radius 3 is 2.88 bits per heavy atom. The summed E-state index contributed by atoms with van der Waals surface area (Å²) in [7, 11) is 0. The fraction of sp³-hybridized carbons (Fsp3) is 0.111. The van der Waals surface area contributed by atoms with Crippen LogP contribution in [0.1, 0.15) is 21.8 Å². The summed E-state index contributed by atoms with van der Waals surface area (Å²) in [5.41, 5.74) is 3.81. The van der Waals surface area contributed by atoms with Gasteiger partial charge >= 0.3 is 0 Å². The van der Waals surface area contributed by atoms with E-state index in [4.69, 9.17) is 4.52 Å². The third-order valence-corrected chi connectivity index (χ3v) is 4.03. The molecule has 0 aliphatic carbocycles. The van der Waals surface area contributed by atoms with Crippen LogP contribution in [-0.2, 0) is 0 Å². The fourth-order valence-corrected chi connectivity index (χ4v) is 2.74. The van der Waals surface area contributed by atoms with Crippen molar-refractivity contribution in [3.8, 4) is 11.3 Å². The van der Waals surface area contributed by atoms with Gasteiger partial charge in [-0.1, -0.05) is 17.3 Å². The summed E-state index contributed by atoms with van der Waals surface area (Å²) in [6.45, 7) is 3.69. The summed E-state index contributed by atoms with van der Waals surface area (Å²) in [4.78, 5) is 21.2. The summed E-state index contributed by atoms with van der Waals surface area (Å²) in [6.07, 6.45) is 5.05. The molecule has 124 valence electrons.